The zero-order valence-corrected chi connectivity index (χ0v) is 22.5. The van der Waals surface area contributed by atoms with Crippen molar-refractivity contribution >= 4 is 11.9 Å². The fourth-order valence-electron chi connectivity index (χ4n) is 5.78. The molecule has 0 radical (unpaired) electrons. The van der Waals surface area contributed by atoms with E-state index in [0.29, 0.717) is 12.2 Å². The van der Waals surface area contributed by atoms with Gasteiger partial charge in [-0.3, -0.25) is 9.59 Å². The topological polar surface area (TPSA) is 52.6 Å². The quantitative estimate of drug-likeness (QED) is 0.162. The molecule has 4 nitrogen and oxygen atoms in total. The Hall–Kier alpha value is -1.84. The van der Waals surface area contributed by atoms with Gasteiger partial charge in [0.25, 0.3) is 0 Å². The Morgan fingerprint density at radius 2 is 1.60 bits per heavy atom. The summed E-state index contributed by atoms with van der Waals surface area (Å²) in [6.07, 6.45) is 17.5. The third-order valence-electron chi connectivity index (χ3n) is 8.14. The van der Waals surface area contributed by atoms with Gasteiger partial charge < -0.3 is 9.47 Å². The van der Waals surface area contributed by atoms with Gasteiger partial charge in [-0.25, -0.2) is 0 Å². The highest BCUT2D eigenvalue weighted by Crippen LogP contribution is 2.34. The van der Waals surface area contributed by atoms with Crippen molar-refractivity contribution in [1.29, 1.82) is 0 Å². The van der Waals surface area contributed by atoms with Gasteiger partial charge in [-0.1, -0.05) is 64.9 Å². The van der Waals surface area contributed by atoms with Crippen LogP contribution in [0.1, 0.15) is 122 Å². The second kappa shape index (κ2) is 14.7. The largest absolute Gasteiger partial charge is 0.462 e. The van der Waals surface area contributed by atoms with Crippen molar-refractivity contribution in [2.45, 2.75) is 130 Å². The van der Waals surface area contributed by atoms with Gasteiger partial charge in [-0.15, -0.1) is 0 Å². The average Bonchev–Trinajstić information content (AvgIpc) is 2.87. The summed E-state index contributed by atoms with van der Waals surface area (Å²) in [5, 5.41) is 0. The van der Waals surface area contributed by atoms with Crippen LogP contribution in [0, 0.1) is 17.8 Å². The Bertz CT molecular complexity index is 793. The van der Waals surface area contributed by atoms with Crippen LogP contribution in [0.3, 0.4) is 0 Å². The Kier molecular flexibility index (Phi) is 11.6. The standard InChI is InChI=1S/C31H48O4/c1-4-6-8-10-11-23(3)34-31(33)28-18-17-27-22-29(20-19-26(27)21-28)35-30(32)25-15-13-24(14-16-25)12-9-7-5-2/h19-20,22-25,28H,4-18,21H2,1-3H3/t23-,24?,25?,28?/m0/s1. The van der Waals surface area contributed by atoms with Gasteiger partial charge >= 0.3 is 11.9 Å². The Labute approximate surface area is 213 Å². The Morgan fingerprint density at radius 1 is 0.857 bits per heavy atom. The molecule has 0 aliphatic heterocycles. The highest BCUT2D eigenvalue weighted by molar-refractivity contribution is 5.75. The van der Waals surface area contributed by atoms with E-state index in [-0.39, 0.29) is 29.9 Å². The van der Waals surface area contributed by atoms with Gasteiger partial charge in [0.2, 0.25) is 0 Å². The molecular formula is C31H48O4. The van der Waals surface area contributed by atoms with E-state index < -0.39 is 0 Å². The summed E-state index contributed by atoms with van der Waals surface area (Å²) in [7, 11) is 0. The van der Waals surface area contributed by atoms with E-state index in [0.717, 1.165) is 57.3 Å². The first-order chi connectivity index (χ1) is 17.0. The number of carbonyl (C=O) groups excluding carboxylic acids is 2. The van der Waals surface area contributed by atoms with E-state index >= 15 is 0 Å². The molecule has 0 aromatic heterocycles. The average molecular weight is 485 g/mol. The maximum absolute atomic E-state index is 12.8. The van der Waals surface area contributed by atoms with Crippen molar-refractivity contribution in [3.63, 3.8) is 0 Å². The van der Waals surface area contributed by atoms with Gasteiger partial charge in [0, 0.05) is 0 Å². The fraction of sp³-hybridized carbons (Fsp3) is 0.742. The molecule has 2 aliphatic carbocycles. The molecule has 1 aromatic carbocycles. The van der Waals surface area contributed by atoms with E-state index in [4.69, 9.17) is 9.47 Å². The number of hydrogen-bond donors (Lipinski definition) is 0. The second-order valence-electron chi connectivity index (χ2n) is 11.1. The highest BCUT2D eigenvalue weighted by atomic mass is 16.5. The third-order valence-corrected chi connectivity index (χ3v) is 8.14. The maximum Gasteiger partial charge on any atom is 0.314 e. The first kappa shape index (κ1) is 27.7. The lowest BCUT2D eigenvalue weighted by Gasteiger charge is -2.27. The van der Waals surface area contributed by atoms with Gasteiger partial charge in [-0.05, 0) is 93.9 Å². The fourth-order valence-corrected chi connectivity index (χ4v) is 5.78. The first-order valence-electron chi connectivity index (χ1n) is 14.5. The summed E-state index contributed by atoms with van der Waals surface area (Å²) in [5.41, 5.74) is 2.38. The minimum Gasteiger partial charge on any atom is -0.462 e. The molecule has 0 amide bonds. The van der Waals surface area contributed by atoms with Crippen LogP contribution in [0.5, 0.6) is 5.75 Å². The summed E-state index contributed by atoms with van der Waals surface area (Å²) in [6.45, 7) is 6.47. The van der Waals surface area contributed by atoms with Crippen LogP contribution < -0.4 is 4.74 Å². The number of benzene rings is 1. The Balaban J connectivity index is 1.43. The van der Waals surface area contributed by atoms with Crippen molar-refractivity contribution in [3.05, 3.63) is 29.3 Å². The predicted molar refractivity (Wildman–Crippen MR) is 141 cm³/mol. The lowest BCUT2D eigenvalue weighted by atomic mass is 9.80. The summed E-state index contributed by atoms with van der Waals surface area (Å²) in [4.78, 5) is 25.5. The zero-order valence-electron chi connectivity index (χ0n) is 22.5. The SMILES string of the molecule is CCCCCC[C@H](C)OC(=O)C1CCc2cc(OC(=O)C3CCC(CCCCC)CC3)ccc2C1. The Morgan fingerprint density at radius 3 is 2.34 bits per heavy atom. The summed E-state index contributed by atoms with van der Waals surface area (Å²) in [6, 6.07) is 5.95. The minimum absolute atomic E-state index is 0.00560. The molecule has 1 unspecified atom stereocenters. The van der Waals surface area contributed by atoms with Crippen molar-refractivity contribution in [3.8, 4) is 5.75 Å². The molecule has 196 valence electrons. The first-order valence-corrected chi connectivity index (χ1v) is 14.5. The van der Waals surface area contributed by atoms with Crippen LogP contribution in [0.2, 0.25) is 0 Å². The molecule has 1 aromatic rings. The van der Waals surface area contributed by atoms with Crippen LogP contribution in [-0.4, -0.2) is 18.0 Å². The van der Waals surface area contributed by atoms with E-state index in [2.05, 4.69) is 13.8 Å². The van der Waals surface area contributed by atoms with Crippen LogP contribution >= 0.6 is 0 Å². The maximum atomic E-state index is 12.8. The van der Waals surface area contributed by atoms with Gasteiger partial charge in [0.05, 0.1) is 17.9 Å². The monoisotopic (exact) mass is 484 g/mol. The molecule has 3 rings (SSSR count). The van der Waals surface area contributed by atoms with E-state index in [1.807, 2.05) is 25.1 Å². The van der Waals surface area contributed by atoms with Gasteiger partial charge in [0.15, 0.2) is 0 Å². The number of carbonyl (C=O) groups is 2. The molecule has 0 heterocycles. The molecule has 1 saturated carbocycles. The van der Waals surface area contributed by atoms with Crippen molar-refractivity contribution < 1.29 is 19.1 Å². The number of fused-ring (bicyclic) bond motifs is 1. The lowest BCUT2D eigenvalue weighted by molar-refractivity contribution is -0.154. The number of rotatable bonds is 13. The predicted octanol–water partition coefficient (Wildman–Crippen LogP) is 7.99. The van der Waals surface area contributed by atoms with E-state index in [9.17, 15) is 9.59 Å². The van der Waals surface area contributed by atoms with Gasteiger partial charge in [-0.2, -0.15) is 0 Å². The zero-order chi connectivity index (χ0) is 25.0. The smallest absolute Gasteiger partial charge is 0.314 e. The van der Waals surface area contributed by atoms with E-state index in [1.54, 1.807) is 0 Å². The second-order valence-corrected chi connectivity index (χ2v) is 11.1. The van der Waals surface area contributed by atoms with Crippen molar-refractivity contribution in [1.82, 2.24) is 0 Å². The normalized spacial score (nSPS) is 22.8. The van der Waals surface area contributed by atoms with Crippen molar-refractivity contribution in [2.24, 2.45) is 17.8 Å². The molecule has 1 fully saturated rings. The highest BCUT2D eigenvalue weighted by Gasteiger charge is 2.29. The van der Waals surface area contributed by atoms with Crippen LogP contribution in [0.25, 0.3) is 0 Å². The minimum atomic E-state index is -0.0681. The number of esters is 2. The number of ether oxygens (including phenoxy) is 2. The molecule has 0 spiro atoms. The molecule has 0 bridgehead atoms. The molecule has 0 saturated heterocycles. The summed E-state index contributed by atoms with van der Waals surface area (Å²) < 4.78 is 11.6. The van der Waals surface area contributed by atoms with Crippen molar-refractivity contribution in [2.75, 3.05) is 0 Å². The summed E-state index contributed by atoms with van der Waals surface area (Å²) in [5.74, 6) is 1.29. The number of hydrogen-bond acceptors (Lipinski definition) is 4. The number of unbranched alkanes of at least 4 members (excludes halogenated alkanes) is 5. The molecule has 2 aliphatic rings. The van der Waals surface area contributed by atoms with Crippen LogP contribution in [-0.2, 0) is 27.2 Å². The van der Waals surface area contributed by atoms with Crippen LogP contribution in [0.4, 0.5) is 0 Å². The summed E-state index contributed by atoms with van der Waals surface area (Å²) >= 11 is 0. The van der Waals surface area contributed by atoms with Crippen LogP contribution in [0.15, 0.2) is 18.2 Å². The molecule has 2 atom stereocenters. The number of aryl methyl sites for hydroxylation is 1. The molecule has 35 heavy (non-hydrogen) atoms. The lowest BCUT2D eigenvalue weighted by Crippen LogP contribution is -2.28. The third kappa shape index (κ3) is 8.95. The van der Waals surface area contributed by atoms with E-state index in [1.165, 1.54) is 56.1 Å². The molecule has 4 heteroatoms. The van der Waals surface area contributed by atoms with Gasteiger partial charge in [0.1, 0.15) is 5.75 Å². The molecule has 0 N–H and O–H groups in total. The molecular weight excluding hydrogens is 436 g/mol.